The quantitative estimate of drug-likeness (QED) is 0.234. The summed E-state index contributed by atoms with van der Waals surface area (Å²) >= 11 is 12.2. The minimum Gasteiger partial charge on any atom is -0.490 e. The Morgan fingerprint density at radius 1 is 0.973 bits per heavy atom. The molecule has 0 saturated carbocycles. The Labute approximate surface area is 226 Å². The topological polar surface area (TPSA) is 89.0 Å². The van der Waals surface area contributed by atoms with Crippen LogP contribution in [0.25, 0.3) is 0 Å². The molecule has 0 heterocycles. The lowest BCUT2D eigenvalue weighted by atomic mass is 10.0. The third-order valence-electron chi connectivity index (χ3n) is 5.32. The van der Waals surface area contributed by atoms with Crippen LogP contribution in [0.3, 0.4) is 0 Å². The maximum atomic E-state index is 12.8. The standard InChI is InChI=1S/C28H29Cl2N3O4/c1-4-36-25-14-19(12-13-24(25)37-17-21-8-5-6-11-23(21)30)16-31-33-28(35)26(18(2)3)32-27(34)20-9-7-10-22(29)15-20/h5-16,18,26H,4,17H2,1-3H3,(H,32,34)(H,33,35). The van der Waals surface area contributed by atoms with Gasteiger partial charge in [0.05, 0.1) is 12.8 Å². The van der Waals surface area contributed by atoms with E-state index in [1.165, 1.54) is 6.21 Å². The van der Waals surface area contributed by atoms with E-state index in [0.29, 0.717) is 45.9 Å². The summed E-state index contributed by atoms with van der Waals surface area (Å²) in [6.45, 7) is 6.29. The molecule has 3 aromatic carbocycles. The van der Waals surface area contributed by atoms with Gasteiger partial charge < -0.3 is 14.8 Å². The zero-order chi connectivity index (χ0) is 26.8. The van der Waals surface area contributed by atoms with Crippen LogP contribution < -0.4 is 20.2 Å². The Balaban J connectivity index is 1.64. The number of hydrogen-bond acceptors (Lipinski definition) is 5. The minimum absolute atomic E-state index is 0.169. The molecule has 0 saturated heterocycles. The zero-order valence-corrected chi connectivity index (χ0v) is 22.3. The molecule has 0 aromatic heterocycles. The summed E-state index contributed by atoms with van der Waals surface area (Å²) in [5, 5.41) is 7.88. The first-order valence-electron chi connectivity index (χ1n) is 11.8. The summed E-state index contributed by atoms with van der Waals surface area (Å²) in [4.78, 5) is 25.3. The number of benzene rings is 3. The van der Waals surface area contributed by atoms with Crippen molar-refractivity contribution in [3.8, 4) is 11.5 Å². The van der Waals surface area contributed by atoms with Crippen LogP contribution in [-0.4, -0.2) is 30.7 Å². The second kappa shape index (κ2) is 13.7. The van der Waals surface area contributed by atoms with Crippen molar-refractivity contribution in [1.82, 2.24) is 10.7 Å². The van der Waals surface area contributed by atoms with Gasteiger partial charge in [-0.1, -0.05) is 61.3 Å². The summed E-state index contributed by atoms with van der Waals surface area (Å²) in [6, 6.07) is 18.5. The van der Waals surface area contributed by atoms with E-state index in [1.54, 1.807) is 42.5 Å². The van der Waals surface area contributed by atoms with Gasteiger partial charge in [-0.15, -0.1) is 0 Å². The van der Waals surface area contributed by atoms with E-state index in [0.717, 1.165) is 5.56 Å². The molecule has 7 nitrogen and oxygen atoms in total. The Morgan fingerprint density at radius 3 is 2.46 bits per heavy atom. The highest BCUT2D eigenvalue weighted by Crippen LogP contribution is 2.29. The van der Waals surface area contributed by atoms with Gasteiger partial charge >= 0.3 is 0 Å². The first-order valence-corrected chi connectivity index (χ1v) is 12.6. The van der Waals surface area contributed by atoms with E-state index >= 15 is 0 Å². The highest BCUT2D eigenvalue weighted by Gasteiger charge is 2.24. The molecule has 194 valence electrons. The molecule has 3 rings (SSSR count). The molecule has 3 aromatic rings. The maximum Gasteiger partial charge on any atom is 0.262 e. The van der Waals surface area contributed by atoms with E-state index in [2.05, 4.69) is 15.8 Å². The summed E-state index contributed by atoms with van der Waals surface area (Å²) < 4.78 is 11.6. The number of carbonyl (C=O) groups is 2. The Morgan fingerprint density at radius 2 is 1.76 bits per heavy atom. The minimum atomic E-state index is -0.789. The summed E-state index contributed by atoms with van der Waals surface area (Å²) in [7, 11) is 0. The molecule has 2 N–H and O–H groups in total. The average Bonchev–Trinajstić information content (AvgIpc) is 2.87. The highest BCUT2D eigenvalue weighted by molar-refractivity contribution is 6.31. The molecule has 37 heavy (non-hydrogen) atoms. The monoisotopic (exact) mass is 541 g/mol. The number of nitrogens with one attached hydrogen (secondary N) is 2. The molecule has 0 aliphatic heterocycles. The van der Waals surface area contributed by atoms with Gasteiger partial charge in [-0.3, -0.25) is 9.59 Å². The third kappa shape index (κ3) is 8.23. The Kier molecular flexibility index (Phi) is 10.4. The first-order chi connectivity index (χ1) is 17.8. The fourth-order valence-corrected chi connectivity index (χ4v) is 3.77. The summed E-state index contributed by atoms with van der Waals surface area (Å²) in [5.41, 5.74) is 4.43. The number of hydrogen-bond donors (Lipinski definition) is 2. The lowest BCUT2D eigenvalue weighted by Crippen LogP contribution is -2.48. The van der Waals surface area contributed by atoms with Crippen LogP contribution in [0, 0.1) is 5.92 Å². The highest BCUT2D eigenvalue weighted by atomic mass is 35.5. The maximum absolute atomic E-state index is 12.8. The second-order valence-electron chi connectivity index (χ2n) is 8.46. The molecule has 1 atom stereocenters. The van der Waals surface area contributed by atoms with Crippen molar-refractivity contribution in [2.24, 2.45) is 11.0 Å². The van der Waals surface area contributed by atoms with Crippen molar-refractivity contribution in [2.45, 2.75) is 33.4 Å². The van der Waals surface area contributed by atoms with Gasteiger partial charge in [0.25, 0.3) is 11.8 Å². The number of halogens is 2. The zero-order valence-electron chi connectivity index (χ0n) is 20.8. The molecule has 0 fully saturated rings. The molecule has 9 heteroatoms. The van der Waals surface area contributed by atoms with Crippen LogP contribution in [0.4, 0.5) is 0 Å². The SMILES string of the molecule is CCOc1cc(C=NNC(=O)C(NC(=O)c2cccc(Cl)c2)C(C)C)ccc1OCc1ccccc1Cl. The van der Waals surface area contributed by atoms with Gasteiger partial charge in [-0.05, 0) is 60.9 Å². The molecule has 0 radical (unpaired) electrons. The second-order valence-corrected chi connectivity index (χ2v) is 9.30. The van der Waals surface area contributed by atoms with E-state index in [-0.39, 0.29) is 5.92 Å². The van der Waals surface area contributed by atoms with Crippen molar-refractivity contribution in [3.05, 3.63) is 93.5 Å². The van der Waals surface area contributed by atoms with Crippen molar-refractivity contribution < 1.29 is 19.1 Å². The van der Waals surface area contributed by atoms with Crippen LogP contribution in [0.15, 0.2) is 71.8 Å². The van der Waals surface area contributed by atoms with Gasteiger partial charge in [-0.25, -0.2) is 5.43 Å². The fraction of sp³-hybridized carbons (Fsp3) is 0.250. The lowest BCUT2D eigenvalue weighted by molar-refractivity contribution is -0.123. The van der Waals surface area contributed by atoms with E-state index in [4.69, 9.17) is 32.7 Å². The predicted octanol–water partition coefficient (Wildman–Crippen LogP) is 5.88. The first kappa shape index (κ1) is 28.0. The van der Waals surface area contributed by atoms with Gasteiger partial charge in [0.15, 0.2) is 11.5 Å². The largest absolute Gasteiger partial charge is 0.490 e. The van der Waals surface area contributed by atoms with Crippen LogP contribution in [0.5, 0.6) is 11.5 Å². The molecular weight excluding hydrogens is 513 g/mol. The van der Waals surface area contributed by atoms with Gasteiger partial charge in [0.1, 0.15) is 12.6 Å². The number of nitrogens with zero attached hydrogens (tertiary/aromatic N) is 1. The Bertz CT molecular complexity index is 1260. The predicted molar refractivity (Wildman–Crippen MR) is 147 cm³/mol. The van der Waals surface area contributed by atoms with Crippen LogP contribution in [-0.2, 0) is 11.4 Å². The molecule has 0 aliphatic carbocycles. The summed E-state index contributed by atoms with van der Waals surface area (Å²) in [5.74, 6) is 0.100. The van der Waals surface area contributed by atoms with Crippen LogP contribution in [0.2, 0.25) is 10.0 Å². The smallest absolute Gasteiger partial charge is 0.262 e. The fourth-order valence-electron chi connectivity index (χ4n) is 3.39. The molecule has 0 aliphatic rings. The number of hydrazone groups is 1. The van der Waals surface area contributed by atoms with Crippen LogP contribution in [0.1, 0.15) is 42.3 Å². The van der Waals surface area contributed by atoms with Crippen LogP contribution >= 0.6 is 23.2 Å². The molecule has 0 spiro atoms. The number of amides is 2. The number of carbonyl (C=O) groups excluding carboxylic acids is 2. The average molecular weight is 542 g/mol. The van der Waals surface area contributed by atoms with E-state index < -0.39 is 17.9 Å². The molecule has 1 unspecified atom stereocenters. The van der Waals surface area contributed by atoms with Gasteiger partial charge in [-0.2, -0.15) is 5.10 Å². The molecule has 0 bridgehead atoms. The van der Waals surface area contributed by atoms with Crippen molar-refractivity contribution in [1.29, 1.82) is 0 Å². The van der Waals surface area contributed by atoms with Gasteiger partial charge in [0.2, 0.25) is 0 Å². The molecular formula is C28H29Cl2N3O4. The summed E-state index contributed by atoms with van der Waals surface area (Å²) in [6.07, 6.45) is 1.49. The normalized spacial score (nSPS) is 11.8. The number of ether oxygens (including phenoxy) is 2. The third-order valence-corrected chi connectivity index (χ3v) is 5.92. The lowest BCUT2D eigenvalue weighted by Gasteiger charge is -2.20. The molecule has 2 amide bonds. The van der Waals surface area contributed by atoms with Crippen molar-refractivity contribution >= 4 is 41.2 Å². The Hall–Kier alpha value is -3.55. The van der Waals surface area contributed by atoms with Gasteiger partial charge in [0, 0.05) is 21.2 Å². The van der Waals surface area contributed by atoms with Crippen molar-refractivity contribution in [3.63, 3.8) is 0 Å². The van der Waals surface area contributed by atoms with Crippen molar-refractivity contribution in [2.75, 3.05) is 6.61 Å². The number of rotatable bonds is 11. The van der Waals surface area contributed by atoms with E-state index in [9.17, 15) is 9.59 Å². The van der Waals surface area contributed by atoms with E-state index in [1.807, 2.05) is 45.0 Å².